The van der Waals surface area contributed by atoms with E-state index in [0.717, 1.165) is 17.1 Å². The fourth-order valence-corrected chi connectivity index (χ4v) is 1.90. The van der Waals surface area contributed by atoms with Crippen molar-refractivity contribution in [3.05, 3.63) is 23.8 Å². The predicted octanol–water partition coefficient (Wildman–Crippen LogP) is 1.46. The van der Waals surface area contributed by atoms with Crippen LogP contribution in [0.4, 0.5) is 0 Å². The molecule has 1 aliphatic heterocycles. The molecule has 0 amide bonds. The van der Waals surface area contributed by atoms with E-state index in [0.29, 0.717) is 13.0 Å². The molecule has 0 bridgehead atoms. The van der Waals surface area contributed by atoms with Crippen LogP contribution in [0.1, 0.15) is 18.9 Å². The van der Waals surface area contributed by atoms with E-state index in [1.54, 1.807) is 0 Å². The Balaban J connectivity index is 2.02. The van der Waals surface area contributed by atoms with Crippen molar-refractivity contribution in [1.82, 2.24) is 5.32 Å². The molecule has 1 atom stereocenters. The first-order chi connectivity index (χ1) is 8.76. The summed E-state index contributed by atoms with van der Waals surface area (Å²) in [5, 5.41) is 3.16. The van der Waals surface area contributed by atoms with Crippen LogP contribution in [0.5, 0.6) is 11.5 Å². The fourth-order valence-electron chi connectivity index (χ4n) is 1.90. The fraction of sp³-hybridized carbons (Fsp3) is 0.462. The summed E-state index contributed by atoms with van der Waals surface area (Å²) in [5.74, 6) is 1.26. The van der Waals surface area contributed by atoms with Crippen LogP contribution >= 0.6 is 0 Å². The van der Waals surface area contributed by atoms with Gasteiger partial charge in [-0.2, -0.15) is 0 Å². The number of fused-ring (bicyclic) bond motifs is 1. The van der Waals surface area contributed by atoms with Gasteiger partial charge in [-0.3, -0.25) is 4.79 Å². The van der Waals surface area contributed by atoms with Crippen molar-refractivity contribution >= 4 is 5.97 Å². The maximum atomic E-state index is 11.5. The number of para-hydroxylation sites is 1. The summed E-state index contributed by atoms with van der Waals surface area (Å²) in [6.07, 6.45) is 0.680. The predicted molar refractivity (Wildman–Crippen MR) is 65.5 cm³/mol. The van der Waals surface area contributed by atoms with Gasteiger partial charge in [-0.25, -0.2) is 0 Å². The molecule has 0 spiro atoms. The summed E-state index contributed by atoms with van der Waals surface area (Å²) in [6, 6.07) is 5.42. The number of carbonyl (C=O) groups excluding carboxylic acids is 1. The maximum absolute atomic E-state index is 11.5. The summed E-state index contributed by atoms with van der Waals surface area (Å²) in [5.41, 5.74) is 0.979. The smallest absolute Gasteiger partial charge is 0.322 e. The first-order valence-electron chi connectivity index (χ1n) is 5.95. The number of methoxy groups -OCH3 is 1. The zero-order valence-electron chi connectivity index (χ0n) is 10.6. The Labute approximate surface area is 106 Å². The zero-order valence-corrected chi connectivity index (χ0v) is 10.6. The Morgan fingerprint density at radius 1 is 1.50 bits per heavy atom. The number of benzene rings is 1. The molecule has 1 N–H and O–H groups in total. The number of esters is 1. The highest BCUT2D eigenvalue weighted by Crippen LogP contribution is 2.35. The average Bonchev–Trinajstić information content (AvgIpc) is 2.88. The van der Waals surface area contributed by atoms with Crippen molar-refractivity contribution in [2.24, 2.45) is 0 Å². The van der Waals surface area contributed by atoms with Gasteiger partial charge in [-0.1, -0.05) is 19.1 Å². The summed E-state index contributed by atoms with van der Waals surface area (Å²) < 4.78 is 15.4. The molecule has 18 heavy (non-hydrogen) atoms. The average molecular weight is 251 g/mol. The quantitative estimate of drug-likeness (QED) is 0.803. The van der Waals surface area contributed by atoms with Crippen LogP contribution in [-0.4, -0.2) is 25.9 Å². The summed E-state index contributed by atoms with van der Waals surface area (Å²) in [4.78, 5) is 11.5. The Morgan fingerprint density at radius 3 is 3.06 bits per heavy atom. The highest BCUT2D eigenvalue weighted by Gasteiger charge is 2.20. The topological polar surface area (TPSA) is 56.8 Å². The maximum Gasteiger partial charge on any atom is 0.322 e. The standard InChI is InChI=1S/C13H17NO4/c1-3-10(13(15)16-2)14-7-9-5-4-6-11-12(9)18-8-17-11/h4-6,10,14H,3,7-8H2,1-2H3. The molecular formula is C13H17NO4. The first-order valence-corrected chi connectivity index (χ1v) is 5.95. The second-order valence-electron chi connectivity index (χ2n) is 4.02. The number of hydrogen-bond acceptors (Lipinski definition) is 5. The van der Waals surface area contributed by atoms with E-state index >= 15 is 0 Å². The van der Waals surface area contributed by atoms with Crippen LogP contribution in [-0.2, 0) is 16.1 Å². The van der Waals surface area contributed by atoms with Crippen LogP contribution in [0.2, 0.25) is 0 Å². The van der Waals surface area contributed by atoms with Gasteiger partial charge in [0.15, 0.2) is 11.5 Å². The lowest BCUT2D eigenvalue weighted by Gasteiger charge is -2.15. The van der Waals surface area contributed by atoms with Crippen LogP contribution in [0.15, 0.2) is 18.2 Å². The second-order valence-corrected chi connectivity index (χ2v) is 4.02. The molecule has 98 valence electrons. The monoisotopic (exact) mass is 251 g/mol. The van der Waals surface area contributed by atoms with Crippen LogP contribution < -0.4 is 14.8 Å². The largest absolute Gasteiger partial charge is 0.468 e. The third-order valence-corrected chi connectivity index (χ3v) is 2.91. The van der Waals surface area contributed by atoms with Gasteiger partial charge in [-0.15, -0.1) is 0 Å². The van der Waals surface area contributed by atoms with Gasteiger partial charge in [0.2, 0.25) is 6.79 Å². The molecule has 1 unspecified atom stereocenters. The molecule has 0 saturated carbocycles. The molecule has 1 heterocycles. The molecule has 0 aliphatic carbocycles. The van der Waals surface area contributed by atoms with Gasteiger partial charge in [-0.05, 0) is 12.5 Å². The first kappa shape index (κ1) is 12.7. The molecule has 0 aromatic heterocycles. The lowest BCUT2D eigenvalue weighted by molar-refractivity contribution is -0.143. The van der Waals surface area contributed by atoms with Gasteiger partial charge in [0, 0.05) is 12.1 Å². The molecule has 0 radical (unpaired) electrons. The van der Waals surface area contributed by atoms with Crippen molar-refractivity contribution in [1.29, 1.82) is 0 Å². The summed E-state index contributed by atoms with van der Waals surface area (Å²) in [6.45, 7) is 2.73. The number of carbonyl (C=O) groups is 1. The van der Waals surface area contributed by atoms with E-state index in [9.17, 15) is 4.79 Å². The lowest BCUT2D eigenvalue weighted by atomic mass is 10.1. The summed E-state index contributed by atoms with van der Waals surface area (Å²) >= 11 is 0. The van der Waals surface area contributed by atoms with Crippen molar-refractivity contribution in [2.45, 2.75) is 25.9 Å². The van der Waals surface area contributed by atoms with Gasteiger partial charge < -0.3 is 19.5 Å². The van der Waals surface area contributed by atoms with E-state index in [2.05, 4.69) is 5.32 Å². The molecule has 1 aromatic carbocycles. The molecule has 5 heteroatoms. The molecule has 1 aromatic rings. The minimum Gasteiger partial charge on any atom is -0.468 e. The van der Waals surface area contributed by atoms with Crippen LogP contribution in [0.25, 0.3) is 0 Å². The molecule has 0 saturated heterocycles. The molecule has 5 nitrogen and oxygen atoms in total. The number of nitrogens with one attached hydrogen (secondary N) is 1. The van der Waals surface area contributed by atoms with Crippen LogP contribution in [0, 0.1) is 0 Å². The second kappa shape index (κ2) is 5.73. The Hall–Kier alpha value is -1.75. The normalized spacial score (nSPS) is 14.3. The van der Waals surface area contributed by atoms with E-state index in [-0.39, 0.29) is 18.8 Å². The zero-order chi connectivity index (χ0) is 13.0. The Kier molecular flexibility index (Phi) is 4.04. The molecule has 1 aliphatic rings. The van der Waals surface area contributed by atoms with Crippen molar-refractivity contribution < 1.29 is 19.0 Å². The highest BCUT2D eigenvalue weighted by atomic mass is 16.7. The Bertz CT molecular complexity index is 433. The molecule has 2 rings (SSSR count). The van der Waals surface area contributed by atoms with E-state index in [1.807, 2.05) is 25.1 Å². The lowest BCUT2D eigenvalue weighted by Crippen LogP contribution is -2.36. The van der Waals surface area contributed by atoms with Gasteiger partial charge in [0.05, 0.1) is 7.11 Å². The van der Waals surface area contributed by atoms with Crippen LogP contribution in [0.3, 0.4) is 0 Å². The number of hydrogen-bond donors (Lipinski definition) is 1. The van der Waals surface area contributed by atoms with Crippen molar-refractivity contribution in [3.8, 4) is 11.5 Å². The van der Waals surface area contributed by atoms with Gasteiger partial charge in [0.1, 0.15) is 6.04 Å². The van der Waals surface area contributed by atoms with E-state index < -0.39 is 0 Å². The van der Waals surface area contributed by atoms with E-state index in [4.69, 9.17) is 14.2 Å². The van der Waals surface area contributed by atoms with Gasteiger partial charge in [0.25, 0.3) is 0 Å². The SMILES string of the molecule is CCC(NCc1cccc2c1OCO2)C(=O)OC. The molecular weight excluding hydrogens is 234 g/mol. The van der Waals surface area contributed by atoms with Crippen molar-refractivity contribution in [2.75, 3.05) is 13.9 Å². The number of ether oxygens (including phenoxy) is 3. The minimum absolute atomic E-state index is 0.248. The molecule has 0 fully saturated rings. The van der Waals surface area contributed by atoms with Gasteiger partial charge >= 0.3 is 5.97 Å². The van der Waals surface area contributed by atoms with E-state index in [1.165, 1.54) is 7.11 Å². The highest BCUT2D eigenvalue weighted by molar-refractivity contribution is 5.75. The summed E-state index contributed by atoms with van der Waals surface area (Å²) in [7, 11) is 1.39. The Morgan fingerprint density at radius 2 is 2.33 bits per heavy atom. The third kappa shape index (κ3) is 2.56. The van der Waals surface area contributed by atoms with Crippen molar-refractivity contribution in [3.63, 3.8) is 0 Å². The minimum atomic E-state index is -0.298. The third-order valence-electron chi connectivity index (χ3n) is 2.91. The number of rotatable bonds is 5.